The summed E-state index contributed by atoms with van der Waals surface area (Å²) in [5.41, 5.74) is 2.06. The van der Waals surface area contributed by atoms with Gasteiger partial charge in [-0.2, -0.15) is 5.21 Å². The van der Waals surface area contributed by atoms with Crippen LogP contribution in [0.3, 0.4) is 0 Å². The van der Waals surface area contributed by atoms with Crippen LogP contribution in [0.2, 0.25) is 0 Å². The van der Waals surface area contributed by atoms with Crippen molar-refractivity contribution in [1.82, 2.24) is 20.6 Å². The predicted molar refractivity (Wildman–Crippen MR) is 67.6 cm³/mol. The summed E-state index contributed by atoms with van der Waals surface area (Å²) in [4.78, 5) is 0. The zero-order chi connectivity index (χ0) is 12.1. The van der Waals surface area contributed by atoms with E-state index in [-0.39, 0.29) is 0 Å². The summed E-state index contributed by atoms with van der Waals surface area (Å²) in [5.74, 6) is 1.33. The molecule has 1 aromatic carbocycles. The summed E-state index contributed by atoms with van der Waals surface area (Å²) < 4.78 is 0. The number of anilines is 1. The van der Waals surface area contributed by atoms with Crippen LogP contribution in [0.15, 0.2) is 24.3 Å². The van der Waals surface area contributed by atoms with Gasteiger partial charge in [0.2, 0.25) is 5.82 Å². The fraction of sp³-hybridized carbons (Fsp3) is 0.417. The molecule has 2 rings (SSSR count). The molecule has 17 heavy (non-hydrogen) atoms. The van der Waals surface area contributed by atoms with Crippen LogP contribution in [-0.4, -0.2) is 27.2 Å². The number of nitrogens with zero attached hydrogens (tertiary/aromatic N) is 3. The lowest BCUT2D eigenvalue weighted by Crippen LogP contribution is -2.04. The number of tetrazole rings is 1. The lowest BCUT2D eigenvalue weighted by atomic mass is 10.1. The fourth-order valence-electron chi connectivity index (χ4n) is 1.56. The van der Waals surface area contributed by atoms with Gasteiger partial charge in [0.05, 0.1) is 0 Å². The quantitative estimate of drug-likeness (QED) is 0.828. The fourth-order valence-corrected chi connectivity index (χ4v) is 1.56. The molecule has 5 heteroatoms. The van der Waals surface area contributed by atoms with E-state index >= 15 is 0 Å². The van der Waals surface area contributed by atoms with Crippen LogP contribution in [-0.2, 0) is 0 Å². The molecule has 2 N–H and O–H groups in total. The first kappa shape index (κ1) is 11.6. The monoisotopic (exact) mass is 231 g/mol. The molecule has 1 heterocycles. The van der Waals surface area contributed by atoms with Crippen molar-refractivity contribution in [2.24, 2.45) is 5.92 Å². The summed E-state index contributed by atoms with van der Waals surface area (Å²) in [5, 5.41) is 17.3. The van der Waals surface area contributed by atoms with Gasteiger partial charge in [0, 0.05) is 17.8 Å². The van der Waals surface area contributed by atoms with E-state index < -0.39 is 0 Å². The zero-order valence-corrected chi connectivity index (χ0v) is 10.1. The Hall–Kier alpha value is -1.91. The summed E-state index contributed by atoms with van der Waals surface area (Å²) in [6.45, 7) is 5.42. The normalized spacial score (nSPS) is 10.8. The van der Waals surface area contributed by atoms with Gasteiger partial charge in [0.25, 0.3) is 0 Å². The van der Waals surface area contributed by atoms with Crippen LogP contribution < -0.4 is 5.32 Å². The second-order valence-electron chi connectivity index (χ2n) is 4.43. The van der Waals surface area contributed by atoms with Gasteiger partial charge in [-0.1, -0.05) is 26.0 Å². The Labute approximate surface area is 101 Å². The molecule has 0 bridgehead atoms. The minimum absolute atomic E-state index is 0.623. The Morgan fingerprint density at radius 1 is 1.35 bits per heavy atom. The maximum Gasteiger partial charge on any atom is 0.204 e. The van der Waals surface area contributed by atoms with Gasteiger partial charge in [-0.25, -0.2) is 0 Å². The number of hydrogen-bond donors (Lipinski definition) is 2. The molecule has 2 aromatic rings. The lowest BCUT2D eigenvalue weighted by molar-refractivity contribution is 0.607. The molecule has 0 fully saturated rings. The third-order valence-corrected chi connectivity index (χ3v) is 2.52. The van der Waals surface area contributed by atoms with E-state index in [0.29, 0.717) is 11.7 Å². The minimum Gasteiger partial charge on any atom is -0.385 e. The molecule has 1 aromatic heterocycles. The third kappa shape index (κ3) is 3.27. The molecule has 0 unspecified atom stereocenters. The number of aromatic amines is 1. The summed E-state index contributed by atoms with van der Waals surface area (Å²) in [6.07, 6.45) is 1.16. The van der Waals surface area contributed by atoms with Crippen molar-refractivity contribution in [3.05, 3.63) is 24.3 Å². The van der Waals surface area contributed by atoms with E-state index in [4.69, 9.17) is 0 Å². The molecule has 0 radical (unpaired) electrons. The molecule has 0 amide bonds. The van der Waals surface area contributed by atoms with Crippen LogP contribution in [0, 0.1) is 5.92 Å². The second kappa shape index (κ2) is 5.43. The standard InChI is InChI=1S/C12H17N5/c1-9(2)6-7-13-11-5-3-4-10(8-11)12-14-16-17-15-12/h3-5,8-9,13H,6-7H2,1-2H3,(H,14,15,16,17). The van der Waals surface area contributed by atoms with Gasteiger partial charge >= 0.3 is 0 Å². The maximum absolute atomic E-state index is 3.96. The number of rotatable bonds is 5. The smallest absolute Gasteiger partial charge is 0.204 e. The van der Waals surface area contributed by atoms with Crippen LogP contribution >= 0.6 is 0 Å². The van der Waals surface area contributed by atoms with Crippen LogP contribution in [0.5, 0.6) is 0 Å². The number of H-pyrrole nitrogens is 1. The SMILES string of the molecule is CC(C)CCNc1cccc(-c2nn[nH]n2)c1. The molecule has 0 aliphatic heterocycles. The van der Waals surface area contributed by atoms with Gasteiger partial charge in [-0.3, -0.25) is 0 Å². The Morgan fingerprint density at radius 2 is 2.24 bits per heavy atom. The first-order valence-corrected chi connectivity index (χ1v) is 5.83. The topological polar surface area (TPSA) is 66.5 Å². The first-order valence-electron chi connectivity index (χ1n) is 5.83. The summed E-state index contributed by atoms with van der Waals surface area (Å²) >= 11 is 0. The highest BCUT2D eigenvalue weighted by molar-refractivity contribution is 5.61. The number of hydrogen-bond acceptors (Lipinski definition) is 4. The second-order valence-corrected chi connectivity index (χ2v) is 4.43. The predicted octanol–water partition coefficient (Wildman–Crippen LogP) is 2.32. The van der Waals surface area contributed by atoms with E-state index in [1.165, 1.54) is 0 Å². The Morgan fingerprint density at radius 3 is 2.94 bits per heavy atom. The summed E-state index contributed by atoms with van der Waals surface area (Å²) in [7, 11) is 0. The first-order chi connectivity index (χ1) is 8.25. The van der Waals surface area contributed by atoms with Crippen molar-refractivity contribution < 1.29 is 0 Å². The van der Waals surface area contributed by atoms with Crippen LogP contribution in [0.25, 0.3) is 11.4 Å². The average molecular weight is 231 g/mol. The van der Waals surface area contributed by atoms with Gasteiger partial charge in [-0.15, -0.1) is 10.2 Å². The van der Waals surface area contributed by atoms with Gasteiger partial charge in [0.15, 0.2) is 0 Å². The highest BCUT2D eigenvalue weighted by Gasteiger charge is 2.03. The molecule has 0 spiro atoms. The van der Waals surface area contributed by atoms with E-state index in [1.54, 1.807) is 0 Å². The molecule has 0 saturated carbocycles. The van der Waals surface area contributed by atoms with E-state index in [2.05, 4.69) is 39.8 Å². The summed E-state index contributed by atoms with van der Waals surface area (Å²) in [6, 6.07) is 8.04. The van der Waals surface area contributed by atoms with Crippen molar-refractivity contribution in [3.8, 4) is 11.4 Å². The number of aromatic nitrogens is 4. The Bertz CT molecular complexity index is 450. The van der Waals surface area contributed by atoms with Crippen molar-refractivity contribution in [2.45, 2.75) is 20.3 Å². The molecule has 0 atom stereocenters. The van der Waals surface area contributed by atoms with Crippen molar-refractivity contribution >= 4 is 5.69 Å². The van der Waals surface area contributed by atoms with Gasteiger partial charge in [-0.05, 0) is 29.7 Å². The minimum atomic E-state index is 0.623. The molecule has 0 saturated heterocycles. The lowest BCUT2D eigenvalue weighted by Gasteiger charge is -2.08. The van der Waals surface area contributed by atoms with E-state index in [9.17, 15) is 0 Å². The highest BCUT2D eigenvalue weighted by atomic mass is 15.5. The third-order valence-electron chi connectivity index (χ3n) is 2.52. The molecule has 90 valence electrons. The molecule has 0 aliphatic rings. The van der Waals surface area contributed by atoms with Gasteiger partial charge in [0.1, 0.15) is 0 Å². The number of benzene rings is 1. The van der Waals surface area contributed by atoms with Crippen LogP contribution in [0.1, 0.15) is 20.3 Å². The van der Waals surface area contributed by atoms with Crippen molar-refractivity contribution in [1.29, 1.82) is 0 Å². The highest BCUT2D eigenvalue weighted by Crippen LogP contribution is 2.18. The van der Waals surface area contributed by atoms with Crippen LogP contribution in [0.4, 0.5) is 5.69 Å². The van der Waals surface area contributed by atoms with Crippen molar-refractivity contribution in [2.75, 3.05) is 11.9 Å². The number of nitrogens with one attached hydrogen (secondary N) is 2. The van der Waals surface area contributed by atoms with Gasteiger partial charge < -0.3 is 5.32 Å². The molecule has 0 aliphatic carbocycles. The largest absolute Gasteiger partial charge is 0.385 e. The average Bonchev–Trinajstić information content (AvgIpc) is 2.82. The molecular formula is C12H17N5. The maximum atomic E-state index is 3.96. The Kier molecular flexibility index (Phi) is 3.69. The van der Waals surface area contributed by atoms with Crippen molar-refractivity contribution in [3.63, 3.8) is 0 Å². The molecule has 5 nitrogen and oxygen atoms in total. The zero-order valence-electron chi connectivity index (χ0n) is 10.1. The molecular weight excluding hydrogens is 214 g/mol. The van der Waals surface area contributed by atoms with E-state index in [0.717, 1.165) is 24.2 Å². The Balaban J connectivity index is 2.02. The van der Waals surface area contributed by atoms with E-state index in [1.807, 2.05) is 24.3 Å².